The Bertz CT molecular complexity index is 331. The molecule has 2 nitrogen and oxygen atoms in total. The zero-order valence-electron chi connectivity index (χ0n) is 7.50. The molecule has 1 rings (SSSR count). The van der Waals surface area contributed by atoms with Gasteiger partial charge < -0.3 is 9.90 Å². The van der Waals surface area contributed by atoms with Crippen LogP contribution in [-0.4, -0.2) is 5.97 Å². The van der Waals surface area contributed by atoms with Crippen molar-refractivity contribution >= 4 is 5.97 Å². The quantitative estimate of drug-likeness (QED) is 0.678. The molecule has 0 aliphatic rings. The third-order valence-corrected chi connectivity index (χ3v) is 2.06. The van der Waals surface area contributed by atoms with Crippen LogP contribution in [0.1, 0.15) is 19.4 Å². The second-order valence-corrected chi connectivity index (χ2v) is 3.39. The number of carboxylic acids is 1. The smallest absolute Gasteiger partial charge is 0.127 e. The lowest BCUT2D eigenvalue weighted by Crippen LogP contribution is -2.41. The highest BCUT2D eigenvalue weighted by Crippen LogP contribution is 2.24. The first-order valence-electron chi connectivity index (χ1n) is 3.92. The van der Waals surface area contributed by atoms with E-state index in [1.165, 1.54) is 32.0 Å². The fourth-order valence-electron chi connectivity index (χ4n) is 1.08. The van der Waals surface area contributed by atoms with Crippen LogP contribution in [0.25, 0.3) is 0 Å². The van der Waals surface area contributed by atoms with E-state index in [9.17, 15) is 14.3 Å². The summed E-state index contributed by atoms with van der Waals surface area (Å²) in [5.41, 5.74) is -1.14. The van der Waals surface area contributed by atoms with Crippen LogP contribution in [0.4, 0.5) is 4.39 Å². The van der Waals surface area contributed by atoms with Crippen LogP contribution < -0.4 is 5.11 Å². The van der Waals surface area contributed by atoms with Gasteiger partial charge in [-0.3, -0.25) is 0 Å². The van der Waals surface area contributed by atoms with Gasteiger partial charge in [0.05, 0.1) is 5.97 Å². The van der Waals surface area contributed by atoms with Crippen LogP contribution >= 0.6 is 0 Å². The highest BCUT2D eigenvalue weighted by Gasteiger charge is 2.24. The minimum atomic E-state index is -1.29. The van der Waals surface area contributed by atoms with Gasteiger partial charge >= 0.3 is 0 Å². The third-order valence-electron chi connectivity index (χ3n) is 2.06. The number of rotatable bonds is 2. The average molecular weight is 181 g/mol. The van der Waals surface area contributed by atoms with Crippen LogP contribution in [0, 0.1) is 5.82 Å². The predicted molar refractivity (Wildman–Crippen MR) is 44.4 cm³/mol. The Kier molecular flexibility index (Phi) is 2.36. The lowest BCUT2D eigenvalue weighted by molar-refractivity contribution is -0.312. The zero-order chi connectivity index (χ0) is 10.1. The highest BCUT2D eigenvalue weighted by molar-refractivity contribution is 5.78. The minimum absolute atomic E-state index is 0.148. The fraction of sp³-hybridized carbons (Fsp3) is 0.300. The van der Waals surface area contributed by atoms with Crippen LogP contribution in [0.2, 0.25) is 0 Å². The maximum atomic E-state index is 13.2. The van der Waals surface area contributed by atoms with Gasteiger partial charge in [0.15, 0.2) is 0 Å². The monoisotopic (exact) mass is 181 g/mol. The Balaban J connectivity index is 3.22. The van der Waals surface area contributed by atoms with Crippen molar-refractivity contribution in [2.24, 2.45) is 0 Å². The van der Waals surface area contributed by atoms with Crippen molar-refractivity contribution in [1.82, 2.24) is 0 Å². The second kappa shape index (κ2) is 3.17. The summed E-state index contributed by atoms with van der Waals surface area (Å²) in [5, 5.41) is 10.7. The van der Waals surface area contributed by atoms with Crippen molar-refractivity contribution in [3.63, 3.8) is 0 Å². The molecule has 0 spiro atoms. The second-order valence-electron chi connectivity index (χ2n) is 3.39. The first-order chi connectivity index (χ1) is 5.96. The molecule has 0 radical (unpaired) electrons. The van der Waals surface area contributed by atoms with Gasteiger partial charge in [0, 0.05) is 5.41 Å². The van der Waals surface area contributed by atoms with Gasteiger partial charge in [-0.2, -0.15) is 0 Å². The van der Waals surface area contributed by atoms with Gasteiger partial charge in [-0.05, 0) is 11.6 Å². The van der Waals surface area contributed by atoms with Crippen molar-refractivity contribution < 1.29 is 14.3 Å². The number of carbonyl (C=O) groups is 1. The van der Waals surface area contributed by atoms with Gasteiger partial charge in [0.2, 0.25) is 0 Å². The van der Waals surface area contributed by atoms with Gasteiger partial charge in [-0.1, -0.05) is 32.0 Å². The van der Waals surface area contributed by atoms with E-state index in [2.05, 4.69) is 0 Å². The number of carbonyl (C=O) groups excluding carboxylic acids is 1. The molecule has 0 bridgehead atoms. The third kappa shape index (κ3) is 1.69. The Morgan fingerprint density at radius 3 is 2.38 bits per heavy atom. The molecule has 0 N–H and O–H groups in total. The molecule has 1 aromatic rings. The van der Waals surface area contributed by atoms with Crippen molar-refractivity contribution in [3.05, 3.63) is 35.6 Å². The lowest BCUT2D eigenvalue weighted by atomic mass is 9.84. The van der Waals surface area contributed by atoms with E-state index < -0.39 is 17.2 Å². The fourth-order valence-corrected chi connectivity index (χ4v) is 1.08. The maximum absolute atomic E-state index is 13.2. The molecule has 0 heterocycles. The van der Waals surface area contributed by atoms with Crippen LogP contribution in [0.3, 0.4) is 0 Å². The summed E-state index contributed by atoms with van der Waals surface area (Å²) in [6.07, 6.45) is 0. The molecular formula is C10H10FO2-. The Labute approximate surface area is 76.0 Å². The summed E-state index contributed by atoms with van der Waals surface area (Å²) >= 11 is 0. The Morgan fingerprint density at radius 2 is 1.92 bits per heavy atom. The van der Waals surface area contributed by atoms with Gasteiger partial charge in [0.25, 0.3) is 0 Å². The van der Waals surface area contributed by atoms with Crippen molar-refractivity contribution in [2.45, 2.75) is 19.3 Å². The van der Waals surface area contributed by atoms with Crippen molar-refractivity contribution in [3.8, 4) is 0 Å². The molecule has 13 heavy (non-hydrogen) atoms. The number of hydrogen-bond donors (Lipinski definition) is 0. The van der Waals surface area contributed by atoms with Crippen LogP contribution in [-0.2, 0) is 10.2 Å². The molecule has 0 saturated carbocycles. The summed E-state index contributed by atoms with van der Waals surface area (Å²) in [7, 11) is 0. The summed E-state index contributed by atoms with van der Waals surface area (Å²) in [6.45, 7) is 2.83. The molecule has 3 heteroatoms. The van der Waals surface area contributed by atoms with E-state index in [1.807, 2.05) is 0 Å². The molecular weight excluding hydrogens is 171 g/mol. The summed E-state index contributed by atoms with van der Waals surface area (Å²) < 4.78 is 13.2. The Morgan fingerprint density at radius 1 is 1.38 bits per heavy atom. The molecule has 0 fully saturated rings. The molecule has 0 atom stereocenters. The maximum Gasteiger partial charge on any atom is 0.127 e. The number of carboxylic acid groups (broad SMARTS) is 1. The van der Waals surface area contributed by atoms with E-state index in [-0.39, 0.29) is 5.56 Å². The van der Waals surface area contributed by atoms with E-state index in [1.54, 1.807) is 6.07 Å². The highest BCUT2D eigenvalue weighted by atomic mass is 19.1. The average Bonchev–Trinajstić information content (AvgIpc) is 2.04. The first-order valence-corrected chi connectivity index (χ1v) is 3.92. The van der Waals surface area contributed by atoms with Crippen molar-refractivity contribution in [1.29, 1.82) is 0 Å². The molecule has 0 saturated heterocycles. The largest absolute Gasteiger partial charge is 0.549 e. The molecule has 0 unspecified atom stereocenters. The number of hydrogen-bond acceptors (Lipinski definition) is 2. The molecule has 0 aliphatic carbocycles. The van der Waals surface area contributed by atoms with E-state index in [0.29, 0.717) is 0 Å². The van der Waals surface area contributed by atoms with E-state index >= 15 is 0 Å². The standard InChI is InChI=1S/C10H11FO2/c1-10(2,9(12)13)7-5-3-4-6-8(7)11/h3-6H,1-2H3,(H,12,13)/p-1. The van der Waals surface area contributed by atoms with Gasteiger partial charge in [0.1, 0.15) is 5.82 Å². The Hall–Kier alpha value is -1.38. The number of halogens is 1. The number of aliphatic carboxylic acids is 1. The first kappa shape index (κ1) is 9.71. The van der Waals surface area contributed by atoms with E-state index in [0.717, 1.165) is 0 Å². The lowest BCUT2D eigenvalue weighted by Gasteiger charge is -2.26. The normalized spacial score (nSPS) is 11.3. The van der Waals surface area contributed by atoms with Gasteiger partial charge in [-0.25, -0.2) is 4.39 Å². The summed E-state index contributed by atoms with van der Waals surface area (Å²) in [4.78, 5) is 10.7. The molecule has 0 aromatic heterocycles. The minimum Gasteiger partial charge on any atom is -0.549 e. The van der Waals surface area contributed by atoms with Crippen molar-refractivity contribution in [2.75, 3.05) is 0 Å². The molecule has 0 aliphatic heterocycles. The van der Waals surface area contributed by atoms with Crippen LogP contribution in [0.15, 0.2) is 24.3 Å². The topological polar surface area (TPSA) is 40.1 Å². The molecule has 0 amide bonds. The summed E-state index contributed by atoms with van der Waals surface area (Å²) in [6, 6.07) is 5.80. The summed E-state index contributed by atoms with van der Waals surface area (Å²) in [5.74, 6) is -1.80. The molecule has 70 valence electrons. The van der Waals surface area contributed by atoms with E-state index in [4.69, 9.17) is 0 Å². The van der Waals surface area contributed by atoms with Gasteiger partial charge in [-0.15, -0.1) is 0 Å². The zero-order valence-corrected chi connectivity index (χ0v) is 7.50. The van der Waals surface area contributed by atoms with Crippen LogP contribution in [0.5, 0.6) is 0 Å². The molecule has 1 aromatic carbocycles. The number of benzene rings is 1. The SMILES string of the molecule is CC(C)(C(=O)[O-])c1ccccc1F. The predicted octanol–water partition coefficient (Wildman–Crippen LogP) is 0.853.